The summed E-state index contributed by atoms with van der Waals surface area (Å²) in [6, 6.07) is 2.80. The second-order valence-electron chi connectivity index (χ2n) is 4.29. The highest BCUT2D eigenvalue weighted by atomic mass is 32.2. The Hall–Kier alpha value is -1.34. The van der Waals surface area contributed by atoms with Crippen molar-refractivity contribution in [1.82, 2.24) is 4.90 Å². The molecule has 6 nitrogen and oxygen atoms in total. The van der Waals surface area contributed by atoms with Gasteiger partial charge in [-0.2, -0.15) is 0 Å². The van der Waals surface area contributed by atoms with E-state index in [0.29, 0.717) is 12.3 Å². The van der Waals surface area contributed by atoms with Crippen LogP contribution in [0.15, 0.2) is 16.5 Å². The molecule has 0 amide bonds. The predicted molar refractivity (Wildman–Crippen MR) is 66.4 cm³/mol. The fraction of sp³-hybridized carbons (Fsp3) is 0.545. The van der Waals surface area contributed by atoms with Crippen molar-refractivity contribution >= 4 is 15.8 Å². The molecule has 0 aromatic carbocycles. The Morgan fingerprint density at radius 2 is 2.11 bits per heavy atom. The lowest BCUT2D eigenvalue weighted by atomic mass is 10.2. The van der Waals surface area contributed by atoms with Gasteiger partial charge in [-0.1, -0.05) is 0 Å². The van der Waals surface area contributed by atoms with Gasteiger partial charge in [0.15, 0.2) is 0 Å². The van der Waals surface area contributed by atoms with Crippen molar-refractivity contribution in [2.75, 3.05) is 25.6 Å². The first-order valence-electron chi connectivity index (χ1n) is 5.41. The number of sulfone groups is 1. The zero-order valence-corrected chi connectivity index (χ0v) is 11.4. The molecule has 0 aliphatic rings. The summed E-state index contributed by atoms with van der Waals surface area (Å²) in [6.45, 7) is 2.19. The summed E-state index contributed by atoms with van der Waals surface area (Å²) >= 11 is 0. The molecule has 1 aromatic rings. The molecule has 1 atom stereocenters. The number of carboxylic acid groups (broad SMARTS) is 1. The molecular weight excluding hydrogens is 258 g/mol. The maximum atomic E-state index is 11.1. The zero-order chi connectivity index (χ0) is 13.9. The van der Waals surface area contributed by atoms with Gasteiger partial charge in [0, 0.05) is 12.8 Å². The zero-order valence-electron chi connectivity index (χ0n) is 10.6. The van der Waals surface area contributed by atoms with E-state index in [2.05, 4.69) is 0 Å². The molecule has 0 spiro atoms. The van der Waals surface area contributed by atoms with Crippen LogP contribution < -0.4 is 0 Å². The van der Waals surface area contributed by atoms with Crippen molar-refractivity contribution in [3.63, 3.8) is 0 Å². The van der Waals surface area contributed by atoms with Crippen molar-refractivity contribution in [2.45, 2.75) is 13.0 Å². The van der Waals surface area contributed by atoms with Gasteiger partial charge in [-0.05, 0) is 26.1 Å². The van der Waals surface area contributed by atoms with E-state index < -0.39 is 15.8 Å². The van der Waals surface area contributed by atoms with Crippen LogP contribution in [0.1, 0.15) is 29.3 Å². The quantitative estimate of drug-likeness (QED) is 0.833. The van der Waals surface area contributed by atoms with Crippen LogP contribution in [0.3, 0.4) is 0 Å². The molecule has 0 aliphatic carbocycles. The molecule has 1 unspecified atom stereocenters. The van der Waals surface area contributed by atoms with E-state index >= 15 is 0 Å². The molecule has 102 valence electrons. The lowest BCUT2D eigenvalue weighted by Gasteiger charge is -2.22. The smallest absolute Gasteiger partial charge is 0.371 e. The van der Waals surface area contributed by atoms with Gasteiger partial charge in [-0.25, -0.2) is 13.2 Å². The number of carbonyl (C=O) groups is 1. The topological polar surface area (TPSA) is 87.8 Å². The van der Waals surface area contributed by atoms with Crippen molar-refractivity contribution in [3.05, 3.63) is 23.7 Å². The Morgan fingerprint density at radius 1 is 1.50 bits per heavy atom. The van der Waals surface area contributed by atoms with Crippen LogP contribution in [0.25, 0.3) is 0 Å². The second kappa shape index (κ2) is 5.53. The monoisotopic (exact) mass is 275 g/mol. The van der Waals surface area contributed by atoms with Crippen molar-refractivity contribution in [2.24, 2.45) is 0 Å². The fourth-order valence-corrected chi connectivity index (χ4v) is 2.03. The van der Waals surface area contributed by atoms with Crippen molar-refractivity contribution in [3.8, 4) is 0 Å². The summed E-state index contributed by atoms with van der Waals surface area (Å²) < 4.78 is 27.3. The van der Waals surface area contributed by atoms with Crippen molar-refractivity contribution in [1.29, 1.82) is 0 Å². The fourth-order valence-electron chi connectivity index (χ4n) is 1.41. The van der Waals surface area contributed by atoms with Crippen LogP contribution in [0.4, 0.5) is 0 Å². The molecule has 1 heterocycles. The van der Waals surface area contributed by atoms with E-state index in [1.165, 1.54) is 12.3 Å². The number of nitrogens with zero attached hydrogens (tertiary/aromatic N) is 1. The molecule has 7 heteroatoms. The Kier molecular flexibility index (Phi) is 4.53. The van der Waals surface area contributed by atoms with Gasteiger partial charge in [0.2, 0.25) is 5.76 Å². The first-order valence-corrected chi connectivity index (χ1v) is 7.48. The third kappa shape index (κ3) is 4.15. The molecule has 0 aliphatic heterocycles. The standard InChI is InChI=1S/C11H17NO5S/c1-8(12(2)6-7-18(3,15)16)9-4-5-10(17-9)11(13)14/h4-5,8H,6-7H2,1-3H3,(H,13,14). The molecule has 1 aromatic heterocycles. The SMILES string of the molecule is CC(c1ccc(C(=O)O)o1)N(C)CCS(C)(=O)=O. The largest absolute Gasteiger partial charge is 0.475 e. The lowest BCUT2D eigenvalue weighted by molar-refractivity contribution is 0.0657. The molecule has 1 rings (SSSR count). The summed E-state index contributed by atoms with van der Waals surface area (Å²) in [5.41, 5.74) is 0. The van der Waals surface area contributed by atoms with E-state index in [-0.39, 0.29) is 17.6 Å². The van der Waals surface area contributed by atoms with Crippen molar-refractivity contribution < 1.29 is 22.7 Å². The van der Waals surface area contributed by atoms with E-state index in [9.17, 15) is 13.2 Å². The average molecular weight is 275 g/mol. The van der Waals surface area contributed by atoms with Gasteiger partial charge in [0.05, 0.1) is 11.8 Å². The summed E-state index contributed by atoms with van der Waals surface area (Å²) in [5, 5.41) is 8.74. The number of hydrogen-bond donors (Lipinski definition) is 1. The minimum Gasteiger partial charge on any atom is -0.475 e. The number of furan rings is 1. The molecule has 0 radical (unpaired) electrons. The molecule has 0 saturated heterocycles. The number of hydrogen-bond acceptors (Lipinski definition) is 5. The van der Waals surface area contributed by atoms with Gasteiger partial charge in [-0.15, -0.1) is 0 Å². The maximum absolute atomic E-state index is 11.1. The second-order valence-corrected chi connectivity index (χ2v) is 6.55. The number of carboxylic acids is 1. The van der Waals surface area contributed by atoms with Crippen LogP contribution in [0.5, 0.6) is 0 Å². The highest BCUT2D eigenvalue weighted by Crippen LogP contribution is 2.21. The first-order chi connectivity index (χ1) is 8.20. The minimum atomic E-state index is -3.01. The minimum absolute atomic E-state index is 0.0559. The van der Waals surface area contributed by atoms with Crippen LogP contribution in [-0.4, -0.2) is 50.0 Å². The third-order valence-electron chi connectivity index (χ3n) is 2.73. The van der Waals surface area contributed by atoms with Crippen LogP contribution >= 0.6 is 0 Å². The number of aromatic carboxylic acids is 1. The molecule has 1 N–H and O–H groups in total. The Balaban J connectivity index is 2.67. The van der Waals surface area contributed by atoms with E-state index in [1.54, 1.807) is 18.0 Å². The van der Waals surface area contributed by atoms with Gasteiger partial charge >= 0.3 is 5.97 Å². The van der Waals surface area contributed by atoms with Gasteiger partial charge in [-0.3, -0.25) is 4.90 Å². The van der Waals surface area contributed by atoms with Gasteiger partial charge in [0.1, 0.15) is 15.6 Å². The predicted octanol–water partition coefficient (Wildman–Crippen LogP) is 1.02. The molecule has 0 fully saturated rings. The molecule has 0 bridgehead atoms. The van der Waals surface area contributed by atoms with Crippen LogP contribution in [0, 0.1) is 0 Å². The Bertz CT molecular complexity index is 519. The summed E-state index contributed by atoms with van der Waals surface area (Å²) in [5.74, 6) is -0.677. The normalized spacial score (nSPS) is 13.8. The van der Waals surface area contributed by atoms with Gasteiger partial charge in [0.25, 0.3) is 0 Å². The lowest BCUT2D eigenvalue weighted by Crippen LogP contribution is -2.27. The molecular formula is C11H17NO5S. The number of rotatable bonds is 6. The highest BCUT2D eigenvalue weighted by molar-refractivity contribution is 7.90. The van der Waals surface area contributed by atoms with E-state index in [0.717, 1.165) is 0 Å². The van der Waals surface area contributed by atoms with Crippen LogP contribution in [-0.2, 0) is 9.84 Å². The Labute approximate surface area is 106 Å². The van der Waals surface area contributed by atoms with E-state index in [4.69, 9.17) is 9.52 Å². The van der Waals surface area contributed by atoms with Crippen LogP contribution in [0.2, 0.25) is 0 Å². The van der Waals surface area contributed by atoms with Gasteiger partial charge < -0.3 is 9.52 Å². The maximum Gasteiger partial charge on any atom is 0.371 e. The average Bonchev–Trinajstić information content (AvgIpc) is 2.73. The summed E-state index contributed by atoms with van der Waals surface area (Å²) in [6.07, 6.45) is 1.18. The van der Waals surface area contributed by atoms with E-state index in [1.807, 2.05) is 6.92 Å². The Morgan fingerprint density at radius 3 is 2.56 bits per heavy atom. The summed E-state index contributed by atoms with van der Waals surface area (Å²) in [7, 11) is -1.25. The third-order valence-corrected chi connectivity index (χ3v) is 3.65. The molecule has 18 heavy (non-hydrogen) atoms. The first kappa shape index (κ1) is 14.7. The summed E-state index contributed by atoms with van der Waals surface area (Å²) in [4.78, 5) is 12.5. The molecule has 0 saturated carbocycles. The highest BCUT2D eigenvalue weighted by Gasteiger charge is 2.18.